The molecule has 1 fully saturated rings. The van der Waals surface area contributed by atoms with Crippen LogP contribution in [0.3, 0.4) is 0 Å². The number of halogens is 1. The summed E-state index contributed by atoms with van der Waals surface area (Å²) in [4.78, 5) is 23.6. The molecule has 0 saturated carbocycles. The maximum atomic E-state index is 13.4. The summed E-state index contributed by atoms with van der Waals surface area (Å²) in [5.74, 6) is -1.25. The molecule has 2 aromatic rings. The molecule has 1 amide bonds. The minimum Gasteiger partial charge on any atom is -0.481 e. The number of aliphatic carboxylic acids is 1. The van der Waals surface area contributed by atoms with Gasteiger partial charge in [-0.3, -0.25) is 9.59 Å². The van der Waals surface area contributed by atoms with Gasteiger partial charge >= 0.3 is 5.97 Å². The fraction of sp³-hybridized carbons (Fsp3) is 0.333. The van der Waals surface area contributed by atoms with Crippen LogP contribution in [0.1, 0.15) is 30.4 Å². The van der Waals surface area contributed by atoms with E-state index in [0.717, 1.165) is 12.8 Å². The minimum atomic E-state index is -3.97. The Kier molecular flexibility index (Phi) is 7.12. The fourth-order valence-electron chi connectivity index (χ4n) is 3.42. The maximum absolute atomic E-state index is 13.4. The average Bonchev–Trinajstić information content (AvgIpc) is 2.91. The van der Waals surface area contributed by atoms with Gasteiger partial charge in [0, 0.05) is 18.1 Å². The monoisotopic (exact) mass is 450 g/mol. The summed E-state index contributed by atoms with van der Waals surface area (Å²) in [5.41, 5.74) is 1.28. The molecule has 1 aliphatic heterocycles. The Labute approximate surface area is 180 Å². The van der Waals surface area contributed by atoms with E-state index in [9.17, 15) is 18.0 Å². The maximum Gasteiger partial charge on any atom is 0.307 e. The van der Waals surface area contributed by atoms with E-state index < -0.39 is 22.0 Å². The van der Waals surface area contributed by atoms with Gasteiger partial charge < -0.3 is 10.4 Å². The molecule has 1 unspecified atom stereocenters. The number of carboxylic acids is 1. The number of nitrogens with one attached hydrogen (secondary N) is 1. The topological polar surface area (TPSA) is 104 Å². The standard InChI is InChI=1S/C21H23ClN2O5S/c22-17-8-10-18(11-9-17)30(28,29)24(19-3-1-2-12-23-21(19)27)14-16-6-4-15(5-7-16)13-20(25)26/h4-11,19H,1-3,12-14H2,(H,23,27)(H,25,26). The second-order valence-corrected chi connectivity index (χ2v) is 9.52. The third-order valence-electron chi connectivity index (χ3n) is 4.99. The quantitative estimate of drug-likeness (QED) is 0.675. The Balaban J connectivity index is 1.95. The van der Waals surface area contributed by atoms with Crippen LogP contribution in [-0.4, -0.2) is 42.3 Å². The summed E-state index contributed by atoms with van der Waals surface area (Å²) in [5, 5.41) is 12.1. The van der Waals surface area contributed by atoms with Crippen molar-refractivity contribution in [3.05, 3.63) is 64.7 Å². The highest BCUT2D eigenvalue weighted by atomic mass is 35.5. The van der Waals surface area contributed by atoms with E-state index in [4.69, 9.17) is 16.7 Å². The van der Waals surface area contributed by atoms with Gasteiger partial charge in [0.2, 0.25) is 15.9 Å². The second-order valence-electron chi connectivity index (χ2n) is 7.19. The van der Waals surface area contributed by atoms with Crippen molar-refractivity contribution in [3.8, 4) is 0 Å². The van der Waals surface area contributed by atoms with Crippen LogP contribution in [0.25, 0.3) is 0 Å². The van der Waals surface area contributed by atoms with Gasteiger partial charge in [0.1, 0.15) is 6.04 Å². The lowest BCUT2D eigenvalue weighted by atomic mass is 10.1. The molecule has 9 heteroatoms. The number of benzene rings is 2. The summed E-state index contributed by atoms with van der Waals surface area (Å²) >= 11 is 5.90. The Morgan fingerprint density at radius 3 is 2.33 bits per heavy atom. The van der Waals surface area contributed by atoms with Crippen LogP contribution >= 0.6 is 11.6 Å². The van der Waals surface area contributed by atoms with E-state index in [-0.39, 0.29) is 23.8 Å². The Morgan fingerprint density at radius 1 is 1.07 bits per heavy atom. The summed E-state index contributed by atoms with van der Waals surface area (Å²) < 4.78 is 28.1. The molecule has 1 atom stereocenters. The first-order valence-corrected chi connectivity index (χ1v) is 11.4. The molecular formula is C21H23ClN2O5S. The van der Waals surface area contributed by atoms with Gasteiger partial charge in [0.05, 0.1) is 11.3 Å². The lowest BCUT2D eigenvalue weighted by molar-refractivity contribution is -0.136. The van der Waals surface area contributed by atoms with Crippen LogP contribution in [0.2, 0.25) is 5.02 Å². The molecule has 3 rings (SSSR count). The van der Waals surface area contributed by atoms with Gasteiger partial charge in [-0.05, 0) is 54.7 Å². The number of carbonyl (C=O) groups excluding carboxylic acids is 1. The average molecular weight is 451 g/mol. The molecule has 7 nitrogen and oxygen atoms in total. The zero-order valence-corrected chi connectivity index (χ0v) is 17.8. The van der Waals surface area contributed by atoms with E-state index in [2.05, 4.69) is 5.32 Å². The minimum absolute atomic E-state index is 0.00357. The molecule has 0 bridgehead atoms. The molecule has 2 N–H and O–H groups in total. The molecule has 1 aliphatic rings. The summed E-state index contributed by atoms with van der Waals surface area (Å²) in [6, 6.07) is 11.7. The van der Waals surface area contributed by atoms with Gasteiger partial charge in [0.25, 0.3) is 0 Å². The Morgan fingerprint density at radius 2 is 1.70 bits per heavy atom. The Hall–Kier alpha value is -2.42. The van der Waals surface area contributed by atoms with Crippen molar-refractivity contribution in [1.82, 2.24) is 9.62 Å². The number of rotatable bonds is 7. The van der Waals surface area contributed by atoms with Crippen molar-refractivity contribution in [2.75, 3.05) is 6.54 Å². The van der Waals surface area contributed by atoms with Gasteiger partial charge in [0.15, 0.2) is 0 Å². The largest absolute Gasteiger partial charge is 0.481 e. The molecule has 0 radical (unpaired) electrons. The molecule has 1 heterocycles. The van der Waals surface area contributed by atoms with Crippen molar-refractivity contribution in [2.45, 2.75) is 43.2 Å². The highest BCUT2D eigenvalue weighted by molar-refractivity contribution is 7.89. The van der Waals surface area contributed by atoms with Crippen LogP contribution in [0.4, 0.5) is 0 Å². The highest BCUT2D eigenvalue weighted by Crippen LogP contribution is 2.26. The van der Waals surface area contributed by atoms with Gasteiger partial charge in [-0.15, -0.1) is 0 Å². The van der Waals surface area contributed by atoms with Crippen molar-refractivity contribution in [2.24, 2.45) is 0 Å². The van der Waals surface area contributed by atoms with Gasteiger partial charge in [-0.2, -0.15) is 4.31 Å². The number of carbonyl (C=O) groups is 2. The molecule has 160 valence electrons. The van der Waals surface area contributed by atoms with Crippen molar-refractivity contribution >= 4 is 33.5 Å². The van der Waals surface area contributed by atoms with Gasteiger partial charge in [-0.25, -0.2) is 8.42 Å². The van der Waals surface area contributed by atoms with Crippen molar-refractivity contribution in [1.29, 1.82) is 0 Å². The van der Waals surface area contributed by atoms with Crippen molar-refractivity contribution in [3.63, 3.8) is 0 Å². The smallest absolute Gasteiger partial charge is 0.307 e. The zero-order valence-electron chi connectivity index (χ0n) is 16.3. The zero-order chi connectivity index (χ0) is 21.7. The van der Waals surface area contributed by atoms with Crippen molar-refractivity contribution < 1.29 is 23.1 Å². The normalized spacial score (nSPS) is 17.4. The summed E-state index contributed by atoms with van der Waals surface area (Å²) in [7, 11) is -3.97. The predicted octanol–water partition coefficient (Wildman–Crippen LogP) is 2.83. The van der Waals surface area contributed by atoms with E-state index in [0.29, 0.717) is 29.1 Å². The van der Waals surface area contributed by atoms with E-state index >= 15 is 0 Å². The first kappa shape index (κ1) is 22.3. The van der Waals surface area contributed by atoms with E-state index in [1.807, 2.05) is 0 Å². The molecule has 2 aromatic carbocycles. The third kappa shape index (κ3) is 5.38. The van der Waals surface area contributed by atoms with Crippen LogP contribution < -0.4 is 5.32 Å². The lowest BCUT2D eigenvalue weighted by Crippen LogP contribution is -2.48. The predicted molar refractivity (Wildman–Crippen MR) is 113 cm³/mol. The van der Waals surface area contributed by atoms with Crippen LogP contribution in [0, 0.1) is 0 Å². The molecular weight excluding hydrogens is 428 g/mol. The highest BCUT2D eigenvalue weighted by Gasteiger charge is 2.36. The number of sulfonamides is 1. The second kappa shape index (κ2) is 9.59. The first-order chi connectivity index (χ1) is 14.3. The third-order valence-corrected chi connectivity index (χ3v) is 7.11. The number of hydrogen-bond acceptors (Lipinski definition) is 4. The number of amides is 1. The molecule has 0 aliphatic carbocycles. The molecule has 0 aromatic heterocycles. The molecule has 1 saturated heterocycles. The number of hydrogen-bond donors (Lipinski definition) is 2. The summed E-state index contributed by atoms with van der Waals surface area (Å²) in [6.07, 6.45) is 1.84. The number of nitrogens with zero attached hydrogens (tertiary/aromatic N) is 1. The molecule has 30 heavy (non-hydrogen) atoms. The molecule has 0 spiro atoms. The van der Waals surface area contributed by atoms with Crippen LogP contribution in [-0.2, 0) is 32.6 Å². The SMILES string of the molecule is O=C(O)Cc1ccc(CN(C2CCCCNC2=O)S(=O)(=O)c2ccc(Cl)cc2)cc1. The summed E-state index contributed by atoms with van der Waals surface area (Å²) in [6.45, 7) is 0.518. The number of carboxylic acid groups (broad SMARTS) is 1. The van der Waals surface area contributed by atoms with Crippen LogP contribution in [0.15, 0.2) is 53.4 Å². The van der Waals surface area contributed by atoms with E-state index in [1.165, 1.54) is 28.6 Å². The van der Waals surface area contributed by atoms with Crippen LogP contribution in [0.5, 0.6) is 0 Å². The van der Waals surface area contributed by atoms with E-state index in [1.54, 1.807) is 24.3 Å². The lowest BCUT2D eigenvalue weighted by Gasteiger charge is -2.29. The Bertz CT molecular complexity index is 1010. The first-order valence-electron chi connectivity index (χ1n) is 9.62. The fourth-order valence-corrected chi connectivity index (χ4v) is 5.15. The van der Waals surface area contributed by atoms with Gasteiger partial charge in [-0.1, -0.05) is 35.9 Å².